The largest absolute Gasteiger partial charge is 0.478 e. The average molecular weight is 139 g/mol. The molecule has 54 valence electrons. The maximum absolute atomic E-state index is 10.3. The van der Waals surface area contributed by atoms with Crippen LogP contribution in [0.25, 0.3) is 0 Å². The van der Waals surface area contributed by atoms with Crippen LogP contribution < -0.4 is 5.73 Å². The van der Waals surface area contributed by atoms with Crippen LogP contribution in [0.1, 0.15) is 12.8 Å². The molecule has 1 aliphatic rings. The highest BCUT2D eigenvalue weighted by Crippen LogP contribution is 2.14. The van der Waals surface area contributed by atoms with Gasteiger partial charge in [-0.15, -0.1) is 0 Å². The molecule has 0 aromatic heterocycles. The molecule has 0 saturated heterocycles. The van der Waals surface area contributed by atoms with Gasteiger partial charge in [-0.2, -0.15) is 0 Å². The minimum atomic E-state index is -0.844. The van der Waals surface area contributed by atoms with Crippen molar-refractivity contribution in [2.45, 2.75) is 12.8 Å². The van der Waals surface area contributed by atoms with Crippen molar-refractivity contribution in [1.82, 2.24) is 0 Å². The molecule has 0 aliphatic heterocycles. The van der Waals surface area contributed by atoms with E-state index in [-0.39, 0.29) is 0 Å². The van der Waals surface area contributed by atoms with Gasteiger partial charge < -0.3 is 10.8 Å². The highest BCUT2D eigenvalue weighted by atomic mass is 16.4. The van der Waals surface area contributed by atoms with E-state index >= 15 is 0 Å². The number of hydrogen-bond donors (Lipinski definition) is 2. The van der Waals surface area contributed by atoms with Gasteiger partial charge in [0.2, 0.25) is 0 Å². The third kappa shape index (κ3) is 1.37. The van der Waals surface area contributed by atoms with Gasteiger partial charge in [-0.25, -0.2) is 4.79 Å². The van der Waals surface area contributed by atoms with E-state index in [9.17, 15) is 4.79 Å². The molecular weight excluding hydrogens is 130 g/mol. The normalized spacial score (nSPS) is 17.6. The van der Waals surface area contributed by atoms with Crippen LogP contribution in [0.4, 0.5) is 0 Å². The van der Waals surface area contributed by atoms with E-state index < -0.39 is 5.97 Å². The Bertz CT molecular complexity index is 216. The molecule has 3 nitrogen and oxygen atoms in total. The van der Waals surface area contributed by atoms with Gasteiger partial charge >= 0.3 is 5.97 Å². The Morgan fingerprint density at radius 3 is 2.60 bits per heavy atom. The fourth-order valence-electron chi connectivity index (χ4n) is 0.832. The quantitative estimate of drug-likeness (QED) is 0.560. The first-order valence-corrected chi connectivity index (χ1v) is 3.08. The van der Waals surface area contributed by atoms with Crippen molar-refractivity contribution < 1.29 is 9.90 Å². The SMILES string of the molecule is NC1=CC=C(C(=O)O)CC1. The van der Waals surface area contributed by atoms with Gasteiger partial charge in [-0.1, -0.05) is 6.08 Å². The zero-order valence-corrected chi connectivity index (χ0v) is 5.50. The van der Waals surface area contributed by atoms with E-state index in [0.29, 0.717) is 18.4 Å². The standard InChI is InChI=1S/C7H9NO2/c8-6-3-1-5(2-4-6)7(9)10/h1,3H,2,4,8H2,(H,9,10). The Morgan fingerprint density at radius 1 is 1.50 bits per heavy atom. The molecular formula is C7H9NO2. The third-order valence-corrected chi connectivity index (χ3v) is 1.46. The van der Waals surface area contributed by atoms with Gasteiger partial charge in [-0.3, -0.25) is 0 Å². The molecule has 1 aliphatic carbocycles. The van der Waals surface area contributed by atoms with Crippen LogP contribution in [0.2, 0.25) is 0 Å². The molecule has 10 heavy (non-hydrogen) atoms. The summed E-state index contributed by atoms with van der Waals surface area (Å²) in [5.74, 6) is -0.844. The van der Waals surface area contributed by atoms with Crippen molar-refractivity contribution in [2.24, 2.45) is 5.73 Å². The third-order valence-electron chi connectivity index (χ3n) is 1.46. The van der Waals surface area contributed by atoms with Crippen molar-refractivity contribution >= 4 is 5.97 Å². The van der Waals surface area contributed by atoms with Crippen molar-refractivity contribution in [3.05, 3.63) is 23.4 Å². The predicted octanol–water partition coefficient (Wildman–Crippen LogP) is 0.634. The number of allylic oxidation sites excluding steroid dienone is 3. The van der Waals surface area contributed by atoms with E-state index in [0.717, 1.165) is 5.70 Å². The lowest BCUT2D eigenvalue weighted by molar-refractivity contribution is -0.132. The van der Waals surface area contributed by atoms with Crippen molar-refractivity contribution in [2.75, 3.05) is 0 Å². The Labute approximate surface area is 58.8 Å². The Balaban J connectivity index is 2.74. The monoisotopic (exact) mass is 139 g/mol. The maximum atomic E-state index is 10.3. The Morgan fingerprint density at radius 2 is 2.20 bits per heavy atom. The van der Waals surface area contributed by atoms with Gasteiger partial charge in [0.1, 0.15) is 0 Å². The van der Waals surface area contributed by atoms with E-state index in [1.54, 1.807) is 12.2 Å². The van der Waals surface area contributed by atoms with Gasteiger partial charge in [0.15, 0.2) is 0 Å². The molecule has 0 spiro atoms. The number of carbonyl (C=O) groups is 1. The molecule has 0 aromatic carbocycles. The molecule has 0 amide bonds. The summed E-state index contributed by atoms with van der Waals surface area (Å²) in [6.45, 7) is 0. The summed E-state index contributed by atoms with van der Waals surface area (Å²) < 4.78 is 0. The molecule has 0 bridgehead atoms. The first-order chi connectivity index (χ1) is 4.70. The summed E-state index contributed by atoms with van der Waals surface area (Å²) in [6.07, 6.45) is 4.42. The number of rotatable bonds is 1. The lowest BCUT2D eigenvalue weighted by Crippen LogP contribution is -2.07. The van der Waals surface area contributed by atoms with Crippen LogP contribution in [0.3, 0.4) is 0 Å². The number of hydrogen-bond acceptors (Lipinski definition) is 2. The van der Waals surface area contributed by atoms with Crippen LogP contribution in [-0.4, -0.2) is 11.1 Å². The summed E-state index contributed by atoms with van der Waals surface area (Å²) in [7, 11) is 0. The number of carboxylic acids is 1. The Hall–Kier alpha value is -1.25. The number of carboxylic acid groups (broad SMARTS) is 1. The first-order valence-electron chi connectivity index (χ1n) is 3.08. The molecule has 0 aromatic rings. The molecule has 0 saturated carbocycles. The summed E-state index contributed by atoms with van der Waals surface area (Å²) >= 11 is 0. The van der Waals surface area contributed by atoms with E-state index in [2.05, 4.69) is 0 Å². The molecule has 0 fully saturated rings. The zero-order valence-electron chi connectivity index (χ0n) is 5.50. The second-order valence-electron chi connectivity index (χ2n) is 2.24. The van der Waals surface area contributed by atoms with Gasteiger partial charge in [-0.05, 0) is 18.9 Å². The van der Waals surface area contributed by atoms with Crippen LogP contribution in [0, 0.1) is 0 Å². The van der Waals surface area contributed by atoms with Crippen LogP contribution in [-0.2, 0) is 4.79 Å². The van der Waals surface area contributed by atoms with Gasteiger partial charge in [0, 0.05) is 11.3 Å². The fourth-order valence-corrected chi connectivity index (χ4v) is 0.832. The summed E-state index contributed by atoms with van der Waals surface area (Å²) in [5.41, 5.74) is 6.61. The summed E-state index contributed by atoms with van der Waals surface area (Å²) in [4.78, 5) is 10.3. The van der Waals surface area contributed by atoms with Crippen LogP contribution >= 0.6 is 0 Å². The van der Waals surface area contributed by atoms with Crippen molar-refractivity contribution in [1.29, 1.82) is 0 Å². The van der Waals surface area contributed by atoms with E-state index in [1.807, 2.05) is 0 Å². The minimum absolute atomic E-state index is 0.439. The Kier molecular flexibility index (Phi) is 1.76. The minimum Gasteiger partial charge on any atom is -0.478 e. The van der Waals surface area contributed by atoms with Crippen LogP contribution in [0.15, 0.2) is 23.4 Å². The molecule has 3 heteroatoms. The molecule has 0 unspecified atom stereocenters. The lowest BCUT2D eigenvalue weighted by atomic mass is 10.0. The smallest absolute Gasteiger partial charge is 0.331 e. The van der Waals surface area contributed by atoms with Crippen molar-refractivity contribution in [3.63, 3.8) is 0 Å². The summed E-state index contributed by atoms with van der Waals surface area (Å²) in [5, 5.41) is 8.49. The predicted molar refractivity (Wildman–Crippen MR) is 37.2 cm³/mol. The van der Waals surface area contributed by atoms with Gasteiger partial charge in [0.25, 0.3) is 0 Å². The highest BCUT2D eigenvalue weighted by Gasteiger charge is 2.09. The fraction of sp³-hybridized carbons (Fsp3) is 0.286. The van der Waals surface area contributed by atoms with Crippen molar-refractivity contribution in [3.8, 4) is 0 Å². The molecule has 0 atom stereocenters. The van der Waals surface area contributed by atoms with Gasteiger partial charge in [0.05, 0.1) is 0 Å². The van der Waals surface area contributed by atoms with Crippen LogP contribution in [0.5, 0.6) is 0 Å². The lowest BCUT2D eigenvalue weighted by Gasteiger charge is -2.06. The first kappa shape index (κ1) is 6.86. The maximum Gasteiger partial charge on any atom is 0.331 e. The second-order valence-corrected chi connectivity index (χ2v) is 2.24. The molecule has 1 rings (SSSR count). The second kappa shape index (κ2) is 2.56. The van der Waals surface area contributed by atoms with E-state index in [4.69, 9.17) is 10.8 Å². The zero-order chi connectivity index (χ0) is 7.56. The molecule has 0 heterocycles. The number of nitrogens with two attached hydrogens (primary N) is 1. The number of aliphatic carboxylic acids is 1. The molecule has 0 radical (unpaired) electrons. The average Bonchev–Trinajstić information content (AvgIpc) is 1.88. The topological polar surface area (TPSA) is 63.3 Å². The highest BCUT2D eigenvalue weighted by molar-refractivity contribution is 5.87. The van der Waals surface area contributed by atoms with E-state index in [1.165, 1.54) is 0 Å². The molecule has 3 N–H and O–H groups in total. The summed E-state index contributed by atoms with van der Waals surface area (Å²) in [6, 6.07) is 0.